The van der Waals surface area contributed by atoms with Crippen molar-refractivity contribution in [1.82, 2.24) is 14.8 Å². The third kappa shape index (κ3) is 4.96. The van der Waals surface area contributed by atoms with Crippen molar-refractivity contribution in [3.8, 4) is 11.1 Å². The zero-order chi connectivity index (χ0) is 23.4. The molecule has 1 unspecified atom stereocenters. The molecule has 170 valence electrons. The van der Waals surface area contributed by atoms with Gasteiger partial charge in [0.15, 0.2) is 5.60 Å². The first-order chi connectivity index (χ1) is 15.9. The molecule has 1 aliphatic rings. The van der Waals surface area contributed by atoms with Crippen LogP contribution in [0.25, 0.3) is 11.1 Å². The van der Waals surface area contributed by atoms with Gasteiger partial charge < -0.3 is 14.5 Å². The predicted molar refractivity (Wildman–Crippen MR) is 128 cm³/mol. The second-order valence-corrected chi connectivity index (χ2v) is 8.73. The van der Waals surface area contributed by atoms with Gasteiger partial charge in [0.2, 0.25) is 0 Å². The largest absolute Gasteiger partial charge is 0.361 e. The molecular formula is C27H29N3O3. The third-order valence-corrected chi connectivity index (χ3v) is 5.95. The Labute approximate surface area is 194 Å². The van der Waals surface area contributed by atoms with E-state index in [2.05, 4.69) is 42.2 Å². The minimum atomic E-state index is -1.14. The maximum Gasteiger partial charge on any atom is 0.272 e. The van der Waals surface area contributed by atoms with Crippen LogP contribution in [-0.4, -0.2) is 66.0 Å². The second-order valence-electron chi connectivity index (χ2n) is 8.73. The lowest BCUT2D eigenvalue weighted by molar-refractivity contribution is -0.165. The molecule has 3 aromatic rings. The van der Waals surface area contributed by atoms with Crippen LogP contribution in [0.2, 0.25) is 0 Å². The van der Waals surface area contributed by atoms with Gasteiger partial charge in [0.05, 0.1) is 13.2 Å². The lowest BCUT2D eigenvalue weighted by Crippen LogP contribution is -2.61. The van der Waals surface area contributed by atoms with Crippen molar-refractivity contribution >= 4 is 11.8 Å². The van der Waals surface area contributed by atoms with Gasteiger partial charge >= 0.3 is 0 Å². The normalized spacial score (nSPS) is 18.1. The second kappa shape index (κ2) is 9.55. The van der Waals surface area contributed by atoms with Gasteiger partial charge in [0, 0.05) is 33.3 Å². The first-order valence-corrected chi connectivity index (χ1v) is 11.1. The lowest BCUT2D eigenvalue weighted by atomic mass is 9.89. The summed E-state index contributed by atoms with van der Waals surface area (Å²) in [5.74, 6) is -0.339. The maximum atomic E-state index is 13.3. The van der Waals surface area contributed by atoms with E-state index in [-0.39, 0.29) is 18.4 Å². The molecule has 0 spiro atoms. The molecule has 1 aliphatic heterocycles. The molecule has 1 saturated heterocycles. The highest BCUT2D eigenvalue weighted by molar-refractivity contribution is 5.93. The summed E-state index contributed by atoms with van der Waals surface area (Å²) in [6, 6.07) is 21.8. The summed E-state index contributed by atoms with van der Waals surface area (Å²) in [5.41, 5.74) is 3.69. The van der Waals surface area contributed by atoms with Crippen LogP contribution in [0.3, 0.4) is 0 Å². The van der Waals surface area contributed by atoms with E-state index < -0.39 is 5.60 Å². The smallest absolute Gasteiger partial charge is 0.272 e. The van der Waals surface area contributed by atoms with E-state index in [0.29, 0.717) is 25.3 Å². The number of aromatic nitrogens is 1. The fourth-order valence-corrected chi connectivity index (χ4v) is 4.30. The van der Waals surface area contributed by atoms with Crippen LogP contribution in [0.15, 0.2) is 72.9 Å². The molecule has 2 aromatic carbocycles. The van der Waals surface area contributed by atoms with Crippen molar-refractivity contribution in [3.05, 3.63) is 89.7 Å². The van der Waals surface area contributed by atoms with E-state index in [0.717, 1.165) is 16.7 Å². The monoisotopic (exact) mass is 443 g/mol. The molecule has 2 amide bonds. The topological polar surface area (TPSA) is 62.7 Å². The average molecular weight is 444 g/mol. The number of ether oxygens (including phenoxy) is 1. The number of hydrogen-bond donors (Lipinski definition) is 0. The number of likely N-dealkylation sites (N-methyl/N-ethyl adjacent to an activating group) is 1. The zero-order valence-corrected chi connectivity index (χ0v) is 19.3. The highest BCUT2D eigenvalue weighted by Gasteiger charge is 2.46. The Morgan fingerprint density at radius 2 is 1.82 bits per heavy atom. The van der Waals surface area contributed by atoms with Crippen molar-refractivity contribution in [3.63, 3.8) is 0 Å². The molecule has 0 saturated carbocycles. The van der Waals surface area contributed by atoms with Crippen LogP contribution in [0.4, 0.5) is 0 Å². The van der Waals surface area contributed by atoms with Gasteiger partial charge in [-0.1, -0.05) is 60.2 Å². The number of nitrogens with zero attached hydrogens (tertiary/aromatic N) is 3. The molecule has 4 rings (SSSR count). The van der Waals surface area contributed by atoms with Gasteiger partial charge in [-0.2, -0.15) is 0 Å². The third-order valence-electron chi connectivity index (χ3n) is 5.95. The zero-order valence-electron chi connectivity index (χ0n) is 19.3. The Morgan fingerprint density at radius 1 is 1.03 bits per heavy atom. The number of aryl methyl sites for hydroxylation is 1. The number of morpholine rings is 1. The molecule has 6 heteroatoms. The molecule has 0 radical (unpaired) electrons. The Kier molecular flexibility index (Phi) is 6.56. The average Bonchev–Trinajstić information content (AvgIpc) is 2.84. The summed E-state index contributed by atoms with van der Waals surface area (Å²) in [7, 11) is 3.43. The molecule has 33 heavy (non-hydrogen) atoms. The predicted octanol–water partition coefficient (Wildman–Crippen LogP) is 3.60. The van der Waals surface area contributed by atoms with Crippen molar-refractivity contribution in [2.45, 2.75) is 18.9 Å². The van der Waals surface area contributed by atoms with Crippen LogP contribution in [0, 0.1) is 6.92 Å². The van der Waals surface area contributed by atoms with E-state index in [1.165, 1.54) is 10.5 Å². The molecule has 1 fully saturated rings. The first kappa shape index (κ1) is 22.7. The highest BCUT2D eigenvalue weighted by atomic mass is 16.5. The summed E-state index contributed by atoms with van der Waals surface area (Å²) in [6.45, 7) is 2.97. The number of benzene rings is 2. The van der Waals surface area contributed by atoms with Crippen LogP contribution >= 0.6 is 0 Å². The minimum Gasteiger partial charge on any atom is -0.361 e. The number of hydrogen-bond acceptors (Lipinski definition) is 4. The molecule has 1 atom stereocenters. The number of pyridine rings is 1. The molecular weight excluding hydrogens is 414 g/mol. The number of carbonyl (C=O) groups excluding carboxylic acids is 2. The van der Waals surface area contributed by atoms with E-state index in [1.807, 2.05) is 18.2 Å². The van der Waals surface area contributed by atoms with Crippen molar-refractivity contribution in [1.29, 1.82) is 0 Å². The SMILES string of the molecule is Cc1cccc(-c2ccc(CC3(C(=O)N(C)C)CN(C(=O)c4ccccn4)CCO3)cc2)c1. The number of carbonyl (C=O) groups is 2. The van der Waals surface area contributed by atoms with E-state index in [1.54, 1.807) is 43.4 Å². The summed E-state index contributed by atoms with van der Waals surface area (Å²) in [5, 5.41) is 0. The molecule has 0 N–H and O–H groups in total. The van der Waals surface area contributed by atoms with E-state index >= 15 is 0 Å². The summed E-state index contributed by atoms with van der Waals surface area (Å²) < 4.78 is 6.13. The maximum absolute atomic E-state index is 13.3. The molecule has 6 nitrogen and oxygen atoms in total. The quantitative estimate of drug-likeness (QED) is 0.605. The van der Waals surface area contributed by atoms with Crippen LogP contribution < -0.4 is 0 Å². The van der Waals surface area contributed by atoms with Crippen LogP contribution in [0.5, 0.6) is 0 Å². The van der Waals surface area contributed by atoms with Crippen LogP contribution in [0.1, 0.15) is 21.6 Å². The fourth-order valence-electron chi connectivity index (χ4n) is 4.30. The fraction of sp³-hybridized carbons (Fsp3) is 0.296. The van der Waals surface area contributed by atoms with Gasteiger partial charge in [-0.15, -0.1) is 0 Å². The molecule has 2 heterocycles. The van der Waals surface area contributed by atoms with Gasteiger partial charge in [-0.25, -0.2) is 0 Å². The summed E-state index contributed by atoms with van der Waals surface area (Å²) in [4.78, 5) is 33.7. The first-order valence-electron chi connectivity index (χ1n) is 11.1. The Bertz CT molecular complexity index is 1130. The van der Waals surface area contributed by atoms with Gasteiger partial charge in [-0.05, 0) is 35.7 Å². The van der Waals surface area contributed by atoms with E-state index in [4.69, 9.17) is 4.74 Å². The van der Waals surface area contributed by atoms with Gasteiger partial charge in [0.1, 0.15) is 5.69 Å². The van der Waals surface area contributed by atoms with Gasteiger partial charge in [0.25, 0.3) is 11.8 Å². The lowest BCUT2D eigenvalue weighted by Gasteiger charge is -2.42. The van der Waals surface area contributed by atoms with Crippen LogP contribution in [-0.2, 0) is 16.0 Å². The molecule has 0 aliphatic carbocycles. The number of rotatable bonds is 5. The van der Waals surface area contributed by atoms with Crippen molar-refractivity contribution in [2.75, 3.05) is 33.8 Å². The van der Waals surface area contributed by atoms with Gasteiger partial charge in [-0.3, -0.25) is 14.6 Å². The Balaban J connectivity index is 1.59. The molecule has 0 bridgehead atoms. The summed E-state index contributed by atoms with van der Waals surface area (Å²) >= 11 is 0. The molecule has 1 aromatic heterocycles. The Morgan fingerprint density at radius 3 is 2.48 bits per heavy atom. The van der Waals surface area contributed by atoms with E-state index in [9.17, 15) is 9.59 Å². The minimum absolute atomic E-state index is 0.149. The Hall–Kier alpha value is -3.51. The number of amides is 2. The summed E-state index contributed by atoms with van der Waals surface area (Å²) in [6.07, 6.45) is 1.98. The highest BCUT2D eigenvalue weighted by Crippen LogP contribution is 2.28. The van der Waals surface area contributed by atoms with Crippen molar-refractivity contribution in [2.24, 2.45) is 0 Å². The standard InChI is InChI=1S/C27H29N3O3/c1-20-7-6-8-23(17-20)22-12-10-21(11-13-22)18-27(26(32)29(2)3)19-30(15-16-33-27)25(31)24-9-4-5-14-28-24/h4-14,17H,15-16,18-19H2,1-3H3. The van der Waals surface area contributed by atoms with Crippen molar-refractivity contribution < 1.29 is 14.3 Å².